The average molecular weight is 351 g/mol. The molecule has 1 aromatic heterocycles. The van der Waals surface area contributed by atoms with E-state index in [2.05, 4.69) is 33.7 Å². The molecule has 0 radical (unpaired) electrons. The lowest BCUT2D eigenvalue weighted by Gasteiger charge is -2.36. The SMILES string of the molecule is CCCCSc1nc(N)cc(N2CCC(N3CCN(C)CC3)C2)n1. The maximum atomic E-state index is 6.02. The summed E-state index contributed by atoms with van der Waals surface area (Å²) >= 11 is 1.72. The van der Waals surface area contributed by atoms with Crippen LogP contribution in [0.5, 0.6) is 0 Å². The molecule has 1 atom stereocenters. The fourth-order valence-corrected chi connectivity index (χ4v) is 4.34. The molecule has 134 valence electrons. The number of piperazine rings is 1. The molecule has 1 aromatic rings. The summed E-state index contributed by atoms with van der Waals surface area (Å²) in [5, 5.41) is 0.821. The highest BCUT2D eigenvalue weighted by molar-refractivity contribution is 7.99. The van der Waals surface area contributed by atoms with Crippen LogP contribution >= 0.6 is 11.8 Å². The molecule has 0 saturated carbocycles. The van der Waals surface area contributed by atoms with Crippen LogP contribution in [0.2, 0.25) is 0 Å². The van der Waals surface area contributed by atoms with Crippen molar-refractivity contribution in [2.45, 2.75) is 37.4 Å². The minimum atomic E-state index is 0.585. The number of hydrogen-bond acceptors (Lipinski definition) is 7. The van der Waals surface area contributed by atoms with Crippen LogP contribution in [0.1, 0.15) is 26.2 Å². The van der Waals surface area contributed by atoms with E-state index >= 15 is 0 Å². The Balaban J connectivity index is 1.60. The number of likely N-dealkylation sites (N-methyl/N-ethyl adjacent to an activating group) is 1. The van der Waals surface area contributed by atoms with E-state index in [1.807, 2.05) is 6.07 Å². The molecular weight excluding hydrogens is 320 g/mol. The van der Waals surface area contributed by atoms with E-state index in [0.717, 1.165) is 29.8 Å². The number of anilines is 2. The minimum Gasteiger partial charge on any atom is -0.383 e. The van der Waals surface area contributed by atoms with Gasteiger partial charge < -0.3 is 15.5 Å². The molecule has 0 amide bonds. The second kappa shape index (κ2) is 8.36. The summed E-state index contributed by atoms with van der Waals surface area (Å²) in [7, 11) is 2.21. The van der Waals surface area contributed by atoms with Crippen molar-refractivity contribution in [2.24, 2.45) is 0 Å². The largest absolute Gasteiger partial charge is 0.383 e. The molecule has 0 aliphatic carbocycles. The van der Waals surface area contributed by atoms with Gasteiger partial charge in [-0.15, -0.1) is 0 Å². The van der Waals surface area contributed by atoms with Crippen LogP contribution < -0.4 is 10.6 Å². The molecule has 2 aliphatic rings. The summed E-state index contributed by atoms with van der Waals surface area (Å²) in [4.78, 5) is 16.6. The normalized spacial score (nSPS) is 23.1. The van der Waals surface area contributed by atoms with Gasteiger partial charge in [0.2, 0.25) is 0 Å². The number of unbranched alkanes of at least 4 members (excludes halogenated alkanes) is 1. The molecule has 0 spiro atoms. The fourth-order valence-electron chi connectivity index (χ4n) is 3.40. The molecule has 0 bridgehead atoms. The number of thioether (sulfide) groups is 1. The number of nitrogens with zero attached hydrogens (tertiary/aromatic N) is 5. The second-order valence-corrected chi connectivity index (χ2v) is 7.93. The Morgan fingerprint density at radius 3 is 2.75 bits per heavy atom. The highest BCUT2D eigenvalue weighted by atomic mass is 32.2. The van der Waals surface area contributed by atoms with Gasteiger partial charge >= 0.3 is 0 Å². The Kier molecular flexibility index (Phi) is 6.19. The summed E-state index contributed by atoms with van der Waals surface area (Å²) in [5.41, 5.74) is 6.02. The molecule has 2 N–H and O–H groups in total. The van der Waals surface area contributed by atoms with Gasteiger partial charge in [0, 0.05) is 57.1 Å². The number of rotatable bonds is 6. The number of aromatic nitrogens is 2. The summed E-state index contributed by atoms with van der Waals surface area (Å²) < 4.78 is 0. The van der Waals surface area contributed by atoms with Crippen molar-refractivity contribution < 1.29 is 0 Å². The Labute approximate surface area is 149 Å². The van der Waals surface area contributed by atoms with Gasteiger partial charge in [0.1, 0.15) is 11.6 Å². The van der Waals surface area contributed by atoms with Crippen LogP contribution in [0.4, 0.5) is 11.6 Å². The molecule has 2 aliphatic heterocycles. The maximum absolute atomic E-state index is 6.02. The highest BCUT2D eigenvalue weighted by Crippen LogP contribution is 2.26. The van der Waals surface area contributed by atoms with E-state index in [1.165, 1.54) is 45.4 Å². The van der Waals surface area contributed by atoms with Gasteiger partial charge in [0.25, 0.3) is 0 Å². The van der Waals surface area contributed by atoms with E-state index in [4.69, 9.17) is 10.7 Å². The molecule has 1 unspecified atom stereocenters. The third kappa shape index (κ3) is 4.52. The van der Waals surface area contributed by atoms with E-state index in [9.17, 15) is 0 Å². The van der Waals surface area contributed by atoms with E-state index < -0.39 is 0 Å². The van der Waals surface area contributed by atoms with Gasteiger partial charge in [-0.1, -0.05) is 25.1 Å². The van der Waals surface area contributed by atoms with Crippen molar-refractivity contribution in [3.63, 3.8) is 0 Å². The van der Waals surface area contributed by atoms with Gasteiger partial charge in [0.15, 0.2) is 5.16 Å². The first-order valence-electron chi connectivity index (χ1n) is 9.10. The van der Waals surface area contributed by atoms with Crippen molar-refractivity contribution in [1.29, 1.82) is 0 Å². The van der Waals surface area contributed by atoms with Crippen LogP contribution in [0, 0.1) is 0 Å². The van der Waals surface area contributed by atoms with Crippen LogP contribution in [0.15, 0.2) is 11.2 Å². The summed E-state index contributed by atoms with van der Waals surface area (Å²) in [5.74, 6) is 2.64. The second-order valence-electron chi connectivity index (χ2n) is 6.86. The predicted octanol–water partition coefficient (Wildman–Crippen LogP) is 1.78. The Bertz CT molecular complexity index is 532. The quantitative estimate of drug-likeness (QED) is 0.477. The molecule has 3 rings (SSSR count). The van der Waals surface area contributed by atoms with E-state index in [-0.39, 0.29) is 0 Å². The van der Waals surface area contributed by atoms with Crippen molar-refractivity contribution in [3.8, 4) is 0 Å². The smallest absolute Gasteiger partial charge is 0.191 e. The minimum absolute atomic E-state index is 0.585. The molecule has 0 aromatic carbocycles. The fraction of sp³-hybridized carbons (Fsp3) is 0.765. The third-order valence-corrected chi connectivity index (χ3v) is 5.92. The predicted molar refractivity (Wildman–Crippen MR) is 102 cm³/mol. The van der Waals surface area contributed by atoms with Crippen molar-refractivity contribution in [2.75, 3.05) is 62.7 Å². The van der Waals surface area contributed by atoms with Gasteiger partial charge in [-0.05, 0) is 19.9 Å². The lowest BCUT2D eigenvalue weighted by Crippen LogP contribution is -2.49. The molecule has 6 nitrogen and oxygen atoms in total. The van der Waals surface area contributed by atoms with Gasteiger partial charge in [-0.25, -0.2) is 9.97 Å². The summed E-state index contributed by atoms with van der Waals surface area (Å²) in [6, 6.07) is 2.57. The monoisotopic (exact) mass is 350 g/mol. The average Bonchev–Trinajstić information content (AvgIpc) is 3.05. The Hall–Kier alpha value is -1.05. The zero-order valence-electron chi connectivity index (χ0n) is 14.9. The molecule has 24 heavy (non-hydrogen) atoms. The topological polar surface area (TPSA) is 61.5 Å². The van der Waals surface area contributed by atoms with E-state index in [0.29, 0.717) is 11.9 Å². The van der Waals surface area contributed by atoms with E-state index in [1.54, 1.807) is 11.8 Å². The Morgan fingerprint density at radius 2 is 2.00 bits per heavy atom. The number of nitrogen functional groups attached to an aromatic ring is 1. The molecule has 3 heterocycles. The maximum Gasteiger partial charge on any atom is 0.191 e. The number of hydrogen-bond donors (Lipinski definition) is 1. The van der Waals surface area contributed by atoms with Crippen molar-refractivity contribution >= 4 is 23.4 Å². The standard InChI is InChI=1S/C17H30N6S/c1-3-4-11-24-17-19-15(18)12-16(20-17)23-6-5-14(13-23)22-9-7-21(2)8-10-22/h12,14H,3-11,13H2,1-2H3,(H2,18,19,20). The zero-order chi connectivity index (χ0) is 16.9. The Morgan fingerprint density at radius 1 is 1.21 bits per heavy atom. The van der Waals surface area contributed by atoms with Crippen molar-refractivity contribution in [3.05, 3.63) is 6.07 Å². The summed E-state index contributed by atoms with van der Waals surface area (Å²) in [6.45, 7) is 9.03. The van der Waals surface area contributed by atoms with Crippen LogP contribution in [-0.4, -0.2) is 77.9 Å². The summed E-state index contributed by atoms with van der Waals surface area (Å²) in [6.07, 6.45) is 3.60. The highest BCUT2D eigenvalue weighted by Gasteiger charge is 2.30. The molecule has 2 fully saturated rings. The van der Waals surface area contributed by atoms with Crippen molar-refractivity contribution in [1.82, 2.24) is 19.8 Å². The van der Waals surface area contributed by atoms with Gasteiger partial charge in [0.05, 0.1) is 0 Å². The third-order valence-electron chi connectivity index (χ3n) is 4.98. The first-order valence-corrected chi connectivity index (χ1v) is 10.1. The first-order chi connectivity index (χ1) is 11.7. The zero-order valence-corrected chi connectivity index (χ0v) is 15.8. The van der Waals surface area contributed by atoms with Crippen LogP contribution in [0.3, 0.4) is 0 Å². The molecule has 2 saturated heterocycles. The van der Waals surface area contributed by atoms with Gasteiger partial charge in [-0.2, -0.15) is 0 Å². The van der Waals surface area contributed by atoms with Crippen LogP contribution in [0.25, 0.3) is 0 Å². The van der Waals surface area contributed by atoms with Crippen LogP contribution in [-0.2, 0) is 0 Å². The molecular formula is C17H30N6S. The lowest BCUT2D eigenvalue weighted by atomic mass is 10.2. The first kappa shape index (κ1) is 17.8. The number of nitrogens with two attached hydrogens (primary N) is 1. The van der Waals surface area contributed by atoms with Gasteiger partial charge in [-0.3, -0.25) is 4.90 Å². The lowest BCUT2D eigenvalue weighted by molar-refractivity contribution is 0.120. The molecule has 7 heteroatoms.